The molecule has 0 radical (unpaired) electrons. The molecule has 0 aromatic carbocycles. The van der Waals surface area contributed by atoms with Gasteiger partial charge < -0.3 is 10.2 Å². The SMILES string of the molecule is CC(C)Oc1cnc(NN)cn1. The third-order valence-electron chi connectivity index (χ3n) is 1.13. The van der Waals surface area contributed by atoms with Gasteiger partial charge in [-0.25, -0.2) is 15.8 Å². The molecule has 12 heavy (non-hydrogen) atoms. The zero-order valence-electron chi connectivity index (χ0n) is 7.11. The molecule has 0 saturated carbocycles. The minimum Gasteiger partial charge on any atom is -0.474 e. The fourth-order valence-corrected chi connectivity index (χ4v) is 0.693. The highest BCUT2D eigenvalue weighted by molar-refractivity contribution is 5.29. The van der Waals surface area contributed by atoms with Crippen molar-refractivity contribution in [1.29, 1.82) is 0 Å². The molecule has 66 valence electrons. The van der Waals surface area contributed by atoms with E-state index in [1.165, 1.54) is 12.4 Å². The van der Waals surface area contributed by atoms with Gasteiger partial charge in [0.1, 0.15) is 0 Å². The summed E-state index contributed by atoms with van der Waals surface area (Å²) in [6.07, 6.45) is 3.14. The van der Waals surface area contributed by atoms with Gasteiger partial charge in [0.15, 0.2) is 5.82 Å². The number of nitrogens with one attached hydrogen (secondary N) is 1. The Bertz CT molecular complexity index is 234. The molecule has 0 aliphatic rings. The smallest absolute Gasteiger partial charge is 0.232 e. The van der Waals surface area contributed by atoms with Crippen LogP contribution in [-0.4, -0.2) is 16.1 Å². The number of hydrogen-bond donors (Lipinski definition) is 2. The van der Waals surface area contributed by atoms with Crippen molar-refractivity contribution in [2.24, 2.45) is 5.84 Å². The maximum absolute atomic E-state index is 5.27. The summed E-state index contributed by atoms with van der Waals surface area (Å²) in [4.78, 5) is 7.89. The standard InChI is InChI=1S/C7H12N4O/c1-5(2)12-7-4-9-6(11-8)3-10-7/h3-5H,8H2,1-2H3,(H,9,11). The summed E-state index contributed by atoms with van der Waals surface area (Å²) in [6, 6.07) is 0. The maximum atomic E-state index is 5.27. The van der Waals surface area contributed by atoms with E-state index in [-0.39, 0.29) is 6.10 Å². The largest absolute Gasteiger partial charge is 0.474 e. The van der Waals surface area contributed by atoms with Crippen LogP contribution in [0.25, 0.3) is 0 Å². The molecule has 0 spiro atoms. The predicted octanol–water partition coefficient (Wildman–Crippen LogP) is 0.549. The van der Waals surface area contributed by atoms with Gasteiger partial charge >= 0.3 is 0 Å². The van der Waals surface area contributed by atoms with Crippen LogP contribution >= 0.6 is 0 Å². The van der Waals surface area contributed by atoms with Crippen molar-refractivity contribution in [3.63, 3.8) is 0 Å². The lowest BCUT2D eigenvalue weighted by molar-refractivity contribution is 0.231. The molecular weight excluding hydrogens is 156 g/mol. The summed E-state index contributed by atoms with van der Waals surface area (Å²) in [5.74, 6) is 6.13. The van der Waals surface area contributed by atoms with Gasteiger partial charge in [0.2, 0.25) is 5.88 Å². The zero-order chi connectivity index (χ0) is 8.97. The second-order valence-corrected chi connectivity index (χ2v) is 2.55. The summed E-state index contributed by atoms with van der Waals surface area (Å²) in [6.45, 7) is 3.85. The molecule has 1 heterocycles. The average molecular weight is 168 g/mol. The van der Waals surface area contributed by atoms with E-state index in [9.17, 15) is 0 Å². The lowest BCUT2D eigenvalue weighted by Crippen LogP contribution is -2.10. The highest BCUT2D eigenvalue weighted by Crippen LogP contribution is 2.07. The molecule has 0 fully saturated rings. The van der Waals surface area contributed by atoms with Crippen molar-refractivity contribution in [3.8, 4) is 5.88 Å². The monoisotopic (exact) mass is 168 g/mol. The molecule has 0 aliphatic carbocycles. The first-order chi connectivity index (χ1) is 5.72. The van der Waals surface area contributed by atoms with Crippen LogP contribution in [0.1, 0.15) is 13.8 Å². The van der Waals surface area contributed by atoms with E-state index >= 15 is 0 Å². The van der Waals surface area contributed by atoms with Crippen LogP contribution in [0, 0.1) is 0 Å². The van der Waals surface area contributed by atoms with Gasteiger partial charge in [0.25, 0.3) is 0 Å². The fourth-order valence-electron chi connectivity index (χ4n) is 0.693. The third kappa shape index (κ3) is 2.35. The molecular formula is C7H12N4O. The molecule has 0 amide bonds. The Morgan fingerprint density at radius 2 is 2.17 bits per heavy atom. The second kappa shape index (κ2) is 3.87. The molecule has 0 saturated heterocycles. The summed E-state index contributed by atoms with van der Waals surface area (Å²) in [5.41, 5.74) is 2.38. The van der Waals surface area contributed by atoms with E-state index in [1.54, 1.807) is 0 Å². The number of nitrogen functional groups attached to an aromatic ring is 1. The van der Waals surface area contributed by atoms with Crippen molar-refractivity contribution in [1.82, 2.24) is 9.97 Å². The van der Waals surface area contributed by atoms with Gasteiger partial charge in [-0.1, -0.05) is 0 Å². The zero-order valence-corrected chi connectivity index (χ0v) is 7.11. The Balaban J connectivity index is 2.65. The van der Waals surface area contributed by atoms with Gasteiger partial charge in [-0.15, -0.1) is 0 Å². The quantitative estimate of drug-likeness (QED) is 0.509. The molecule has 3 N–H and O–H groups in total. The normalized spacial score (nSPS) is 10.0. The Labute approximate surface area is 70.9 Å². The molecule has 5 heteroatoms. The lowest BCUT2D eigenvalue weighted by atomic mass is 10.5. The average Bonchev–Trinajstić information content (AvgIpc) is 2.05. The summed E-state index contributed by atoms with van der Waals surface area (Å²) >= 11 is 0. The molecule has 0 atom stereocenters. The first-order valence-electron chi connectivity index (χ1n) is 3.67. The Hall–Kier alpha value is -1.36. The van der Waals surface area contributed by atoms with E-state index in [2.05, 4.69) is 15.4 Å². The fraction of sp³-hybridized carbons (Fsp3) is 0.429. The van der Waals surface area contributed by atoms with E-state index < -0.39 is 0 Å². The van der Waals surface area contributed by atoms with Crippen LogP contribution in [0.3, 0.4) is 0 Å². The molecule has 0 bridgehead atoms. The van der Waals surface area contributed by atoms with Crippen molar-refractivity contribution < 1.29 is 4.74 Å². The number of nitrogens with zero attached hydrogens (tertiary/aromatic N) is 2. The van der Waals surface area contributed by atoms with Gasteiger partial charge in [0.05, 0.1) is 18.5 Å². The molecule has 0 aliphatic heterocycles. The topological polar surface area (TPSA) is 73.1 Å². The number of anilines is 1. The maximum Gasteiger partial charge on any atom is 0.232 e. The molecule has 5 nitrogen and oxygen atoms in total. The second-order valence-electron chi connectivity index (χ2n) is 2.55. The number of rotatable bonds is 3. The van der Waals surface area contributed by atoms with Crippen molar-refractivity contribution in [2.45, 2.75) is 20.0 Å². The van der Waals surface area contributed by atoms with E-state index in [0.717, 1.165) is 0 Å². The Kier molecular flexibility index (Phi) is 2.82. The van der Waals surface area contributed by atoms with E-state index in [0.29, 0.717) is 11.7 Å². The van der Waals surface area contributed by atoms with E-state index in [1.807, 2.05) is 13.8 Å². The summed E-state index contributed by atoms with van der Waals surface area (Å²) in [5, 5.41) is 0. The predicted molar refractivity (Wildman–Crippen MR) is 45.6 cm³/mol. The van der Waals surface area contributed by atoms with Crippen LogP contribution in [0.4, 0.5) is 5.82 Å². The first-order valence-corrected chi connectivity index (χ1v) is 3.67. The lowest BCUT2D eigenvalue weighted by Gasteiger charge is -2.07. The van der Waals surface area contributed by atoms with E-state index in [4.69, 9.17) is 10.6 Å². The van der Waals surface area contributed by atoms with Gasteiger partial charge in [-0.05, 0) is 13.8 Å². The minimum atomic E-state index is 0.107. The van der Waals surface area contributed by atoms with Crippen molar-refractivity contribution >= 4 is 5.82 Å². The highest BCUT2D eigenvalue weighted by atomic mass is 16.5. The number of ether oxygens (including phenoxy) is 1. The van der Waals surface area contributed by atoms with Crippen molar-refractivity contribution in [2.75, 3.05) is 5.43 Å². The number of hydrazine groups is 1. The Morgan fingerprint density at radius 1 is 1.42 bits per heavy atom. The summed E-state index contributed by atoms with van der Waals surface area (Å²) < 4.78 is 5.27. The third-order valence-corrected chi connectivity index (χ3v) is 1.13. The van der Waals surface area contributed by atoms with Crippen LogP contribution in [0.2, 0.25) is 0 Å². The van der Waals surface area contributed by atoms with Crippen LogP contribution in [0.5, 0.6) is 5.88 Å². The van der Waals surface area contributed by atoms with Gasteiger partial charge in [-0.2, -0.15) is 0 Å². The van der Waals surface area contributed by atoms with Crippen LogP contribution in [-0.2, 0) is 0 Å². The highest BCUT2D eigenvalue weighted by Gasteiger charge is 1.98. The molecule has 1 rings (SSSR count). The number of hydrogen-bond acceptors (Lipinski definition) is 5. The number of aromatic nitrogens is 2. The summed E-state index contributed by atoms with van der Waals surface area (Å²) in [7, 11) is 0. The first kappa shape index (κ1) is 8.73. The Morgan fingerprint density at radius 3 is 2.58 bits per heavy atom. The number of nitrogens with two attached hydrogens (primary N) is 1. The van der Waals surface area contributed by atoms with Crippen molar-refractivity contribution in [3.05, 3.63) is 12.4 Å². The van der Waals surface area contributed by atoms with Crippen LogP contribution in [0.15, 0.2) is 12.4 Å². The molecule has 1 aromatic heterocycles. The van der Waals surface area contributed by atoms with Gasteiger partial charge in [0, 0.05) is 0 Å². The molecule has 0 unspecified atom stereocenters. The molecule has 1 aromatic rings. The van der Waals surface area contributed by atoms with Crippen LogP contribution < -0.4 is 16.0 Å². The minimum absolute atomic E-state index is 0.107. The van der Waals surface area contributed by atoms with Gasteiger partial charge in [-0.3, -0.25) is 0 Å².